The highest BCUT2D eigenvalue weighted by atomic mass is 16.5. The monoisotopic (exact) mass is 350 g/mol. The minimum atomic E-state index is 0.0517. The van der Waals surface area contributed by atoms with Gasteiger partial charge in [0.05, 0.1) is 13.2 Å². The second-order valence-electron chi connectivity index (χ2n) is 6.92. The van der Waals surface area contributed by atoms with Crippen LogP contribution in [0.25, 0.3) is 11.1 Å². The maximum Gasteiger partial charge on any atom is 0.254 e. The Hall–Kier alpha value is -2.66. The summed E-state index contributed by atoms with van der Waals surface area (Å²) in [7, 11) is 1.82. The Morgan fingerprint density at radius 3 is 2.54 bits per heavy atom. The van der Waals surface area contributed by atoms with E-state index >= 15 is 0 Å². The molecule has 5 nitrogen and oxygen atoms in total. The lowest BCUT2D eigenvalue weighted by Gasteiger charge is -2.31. The van der Waals surface area contributed by atoms with E-state index in [-0.39, 0.29) is 11.7 Å². The maximum atomic E-state index is 12.2. The molecule has 4 rings (SSSR count). The molecule has 2 aliphatic heterocycles. The summed E-state index contributed by atoms with van der Waals surface area (Å²) in [5, 5.41) is 0. The molecule has 0 bridgehead atoms. The van der Waals surface area contributed by atoms with E-state index in [1.807, 2.05) is 37.4 Å². The molecular weight excluding hydrogens is 328 g/mol. The van der Waals surface area contributed by atoms with Gasteiger partial charge in [-0.2, -0.15) is 0 Å². The predicted molar refractivity (Wildman–Crippen MR) is 101 cm³/mol. The maximum absolute atomic E-state index is 12.2. The SMILES string of the molecule is CC(=O)c1ccc(N2CCOCC2)c(-c2ccc3c(c2)CN(C)C3=O)c1. The van der Waals surface area contributed by atoms with Crippen molar-refractivity contribution in [2.75, 3.05) is 38.3 Å². The zero-order chi connectivity index (χ0) is 18.3. The van der Waals surface area contributed by atoms with Gasteiger partial charge in [0.15, 0.2) is 5.78 Å². The van der Waals surface area contributed by atoms with Crippen LogP contribution in [-0.4, -0.2) is 49.9 Å². The van der Waals surface area contributed by atoms with Crippen molar-refractivity contribution < 1.29 is 14.3 Å². The van der Waals surface area contributed by atoms with Crippen LogP contribution in [-0.2, 0) is 11.3 Å². The summed E-state index contributed by atoms with van der Waals surface area (Å²) in [6.07, 6.45) is 0. The standard InChI is InChI=1S/C21H22N2O3/c1-14(24)15-4-6-20(23-7-9-26-10-8-23)19(12-15)16-3-5-18-17(11-16)13-22(2)21(18)25/h3-6,11-12H,7-10,13H2,1-2H3. The van der Waals surface area contributed by atoms with Crippen LogP contribution in [0.2, 0.25) is 0 Å². The zero-order valence-electron chi connectivity index (χ0n) is 15.1. The highest BCUT2D eigenvalue weighted by Gasteiger charge is 2.25. The van der Waals surface area contributed by atoms with Gasteiger partial charge in [0.25, 0.3) is 5.91 Å². The van der Waals surface area contributed by atoms with Crippen molar-refractivity contribution >= 4 is 17.4 Å². The van der Waals surface area contributed by atoms with Crippen molar-refractivity contribution in [3.05, 3.63) is 53.1 Å². The van der Waals surface area contributed by atoms with Gasteiger partial charge in [-0.25, -0.2) is 0 Å². The molecule has 0 atom stereocenters. The van der Waals surface area contributed by atoms with E-state index in [0.717, 1.165) is 41.0 Å². The third-order valence-electron chi connectivity index (χ3n) is 5.16. The van der Waals surface area contributed by atoms with E-state index in [4.69, 9.17) is 4.74 Å². The van der Waals surface area contributed by atoms with Gasteiger partial charge in [-0.15, -0.1) is 0 Å². The molecule has 1 amide bonds. The Bertz CT molecular complexity index is 885. The molecule has 2 aromatic rings. The third kappa shape index (κ3) is 2.88. The van der Waals surface area contributed by atoms with Gasteiger partial charge in [-0.05, 0) is 48.4 Å². The number of hydrogen-bond donors (Lipinski definition) is 0. The van der Waals surface area contributed by atoms with Crippen LogP contribution in [0.15, 0.2) is 36.4 Å². The van der Waals surface area contributed by atoms with Gasteiger partial charge >= 0.3 is 0 Å². The fourth-order valence-corrected chi connectivity index (χ4v) is 3.70. The summed E-state index contributed by atoms with van der Waals surface area (Å²) in [5.74, 6) is 0.119. The van der Waals surface area contributed by atoms with Gasteiger partial charge in [0.1, 0.15) is 0 Å². The molecule has 0 radical (unpaired) electrons. The van der Waals surface area contributed by atoms with Crippen molar-refractivity contribution in [1.82, 2.24) is 4.90 Å². The number of anilines is 1. The number of ether oxygens (including phenoxy) is 1. The number of carbonyl (C=O) groups excluding carboxylic acids is 2. The van der Waals surface area contributed by atoms with Crippen molar-refractivity contribution in [2.45, 2.75) is 13.5 Å². The molecule has 0 N–H and O–H groups in total. The van der Waals surface area contributed by atoms with Crippen molar-refractivity contribution in [1.29, 1.82) is 0 Å². The van der Waals surface area contributed by atoms with Crippen LogP contribution in [0.5, 0.6) is 0 Å². The van der Waals surface area contributed by atoms with Crippen LogP contribution < -0.4 is 4.90 Å². The molecular formula is C21H22N2O3. The smallest absolute Gasteiger partial charge is 0.254 e. The van der Waals surface area contributed by atoms with Gasteiger partial charge < -0.3 is 14.5 Å². The van der Waals surface area contributed by atoms with Crippen LogP contribution in [0.4, 0.5) is 5.69 Å². The van der Waals surface area contributed by atoms with E-state index < -0.39 is 0 Å². The number of carbonyl (C=O) groups is 2. The first kappa shape index (κ1) is 16.8. The summed E-state index contributed by atoms with van der Waals surface area (Å²) in [5.41, 5.74) is 5.69. The largest absolute Gasteiger partial charge is 0.378 e. The van der Waals surface area contributed by atoms with E-state index in [1.165, 1.54) is 0 Å². The lowest BCUT2D eigenvalue weighted by atomic mass is 9.96. The third-order valence-corrected chi connectivity index (χ3v) is 5.16. The van der Waals surface area contributed by atoms with Crippen LogP contribution in [0.1, 0.15) is 33.2 Å². The normalized spacial score (nSPS) is 16.8. The zero-order valence-corrected chi connectivity index (χ0v) is 15.1. The molecule has 1 fully saturated rings. The number of benzene rings is 2. The van der Waals surface area contributed by atoms with Gasteiger partial charge in [0, 0.05) is 49.1 Å². The summed E-state index contributed by atoms with van der Waals surface area (Å²) >= 11 is 0. The molecule has 0 spiro atoms. The molecule has 0 unspecified atom stereocenters. The average Bonchev–Trinajstić information content (AvgIpc) is 2.95. The van der Waals surface area contributed by atoms with Crippen molar-refractivity contribution in [3.8, 4) is 11.1 Å². The topological polar surface area (TPSA) is 49.9 Å². The lowest BCUT2D eigenvalue weighted by molar-refractivity contribution is 0.0816. The van der Waals surface area contributed by atoms with E-state index in [9.17, 15) is 9.59 Å². The summed E-state index contributed by atoms with van der Waals surface area (Å²) in [6, 6.07) is 11.9. The first-order valence-electron chi connectivity index (χ1n) is 8.91. The second kappa shape index (κ2) is 6.57. The highest BCUT2D eigenvalue weighted by molar-refractivity contribution is 6.00. The van der Waals surface area contributed by atoms with E-state index in [1.54, 1.807) is 11.8 Å². The minimum Gasteiger partial charge on any atom is -0.378 e. The molecule has 5 heteroatoms. The number of rotatable bonds is 3. The Labute approximate surface area is 153 Å². The Balaban J connectivity index is 1.81. The molecule has 1 saturated heterocycles. The molecule has 0 aromatic heterocycles. The summed E-state index contributed by atoms with van der Waals surface area (Å²) < 4.78 is 5.47. The first-order chi connectivity index (χ1) is 12.5. The predicted octanol–water partition coefficient (Wildman–Crippen LogP) is 2.98. The fraction of sp³-hybridized carbons (Fsp3) is 0.333. The average molecular weight is 350 g/mol. The van der Waals surface area contributed by atoms with Crippen LogP contribution in [0.3, 0.4) is 0 Å². The van der Waals surface area contributed by atoms with E-state index in [0.29, 0.717) is 25.3 Å². The number of hydrogen-bond acceptors (Lipinski definition) is 4. The Kier molecular flexibility index (Phi) is 4.24. The van der Waals surface area contributed by atoms with Crippen LogP contribution in [0, 0.1) is 0 Å². The molecule has 26 heavy (non-hydrogen) atoms. The number of Topliss-reactive ketones (excluding diaryl/α,β-unsaturated/α-hetero) is 1. The fourth-order valence-electron chi connectivity index (χ4n) is 3.70. The number of fused-ring (bicyclic) bond motifs is 1. The van der Waals surface area contributed by atoms with Gasteiger partial charge in [-0.1, -0.05) is 6.07 Å². The molecule has 0 saturated carbocycles. The minimum absolute atomic E-state index is 0.0517. The van der Waals surface area contributed by atoms with E-state index in [2.05, 4.69) is 11.0 Å². The number of morpholine rings is 1. The van der Waals surface area contributed by atoms with Gasteiger partial charge in [-0.3, -0.25) is 9.59 Å². The Morgan fingerprint density at radius 1 is 1.04 bits per heavy atom. The molecule has 2 aliphatic rings. The summed E-state index contributed by atoms with van der Waals surface area (Å²) in [4.78, 5) is 28.1. The van der Waals surface area contributed by atoms with Crippen LogP contribution >= 0.6 is 0 Å². The molecule has 2 aromatic carbocycles. The Morgan fingerprint density at radius 2 is 1.81 bits per heavy atom. The quantitative estimate of drug-likeness (QED) is 0.799. The van der Waals surface area contributed by atoms with Crippen molar-refractivity contribution in [2.24, 2.45) is 0 Å². The number of amides is 1. The van der Waals surface area contributed by atoms with Crippen molar-refractivity contribution in [3.63, 3.8) is 0 Å². The molecule has 2 heterocycles. The molecule has 134 valence electrons. The lowest BCUT2D eigenvalue weighted by Crippen LogP contribution is -2.36. The number of nitrogens with zero attached hydrogens (tertiary/aromatic N) is 2. The summed E-state index contributed by atoms with van der Waals surface area (Å²) in [6.45, 7) is 5.29. The number of ketones is 1. The highest BCUT2D eigenvalue weighted by Crippen LogP contribution is 2.35. The molecule has 0 aliphatic carbocycles. The second-order valence-corrected chi connectivity index (χ2v) is 6.92. The first-order valence-corrected chi connectivity index (χ1v) is 8.91. The van der Waals surface area contributed by atoms with Gasteiger partial charge in [0.2, 0.25) is 0 Å².